The van der Waals surface area contributed by atoms with Gasteiger partial charge in [-0.05, 0) is 45.1 Å². The first-order chi connectivity index (χ1) is 13.3. The number of amides is 3. The molecule has 0 saturated heterocycles. The molecule has 1 aliphatic rings. The van der Waals surface area contributed by atoms with Gasteiger partial charge in [0, 0.05) is 16.8 Å². The van der Waals surface area contributed by atoms with Gasteiger partial charge in [0.25, 0.3) is 5.91 Å². The summed E-state index contributed by atoms with van der Waals surface area (Å²) in [6, 6.07) is 0.120. The molecule has 0 atom stereocenters. The maximum atomic E-state index is 13.1. The van der Waals surface area contributed by atoms with Gasteiger partial charge in [0.05, 0.1) is 5.56 Å². The number of carbonyl (C=O) groups is 3. The molecule has 156 valence electrons. The number of thiophene rings is 1. The maximum absolute atomic E-state index is 13.1. The Morgan fingerprint density at radius 2 is 1.75 bits per heavy atom. The molecule has 3 N–H and O–H groups in total. The summed E-state index contributed by atoms with van der Waals surface area (Å²) in [7, 11) is 0. The van der Waals surface area contributed by atoms with Crippen LogP contribution in [0.5, 0.6) is 0 Å². The lowest BCUT2D eigenvalue weighted by Crippen LogP contribution is -2.48. The number of hydrogen-bond acceptors (Lipinski definition) is 4. The van der Waals surface area contributed by atoms with Gasteiger partial charge in [-0.2, -0.15) is 0 Å². The number of hydrogen-bond donors (Lipinski definition) is 2. The monoisotopic (exact) mass is 407 g/mol. The van der Waals surface area contributed by atoms with Crippen LogP contribution in [0.3, 0.4) is 0 Å². The smallest absolute Gasteiger partial charge is 0.251 e. The molecular weight excluding hydrogens is 374 g/mol. The second-order valence-electron chi connectivity index (χ2n) is 7.67. The van der Waals surface area contributed by atoms with Crippen LogP contribution < -0.4 is 11.1 Å². The van der Waals surface area contributed by atoms with Crippen molar-refractivity contribution in [2.45, 2.75) is 78.7 Å². The summed E-state index contributed by atoms with van der Waals surface area (Å²) in [5.41, 5.74) is 6.66. The van der Waals surface area contributed by atoms with Crippen molar-refractivity contribution in [3.63, 3.8) is 0 Å². The molecule has 3 amide bonds. The van der Waals surface area contributed by atoms with Crippen molar-refractivity contribution in [3.8, 4) is 0 Å². The van der Waals surface area contributed by atoms with Crippen molar-refractivity contribution in [2.24, 2.45) is 11.7 Å². The summed E-state index contributed by atoms with van der Waals surface area (Å²) in [5.74, 6) is -0.800. The van der Waals surface area contributed by atoms with Crippen LogP contribution in [0.25, 0.3) is 0 Å². The summed E-state index contributed by atoms with van der Waals surface area (Å²) in [4.78, 5) is 40.4. The minimum Gasteiger partial charge on any atom is -0.365 e. The van der Waals surface area contributed by atoms with Crippen LogP contribution in [0, 0.1) is 19.8 Å². The van der Waals surface area contributed by atoms with E-state index in [4.69, 9.17) is 5.73 Å². The molecule has 0 aliphatic heterocycles. The number of primary amides is 1. The number of aryl methyl sites for hydroxylation is 1. The predicted molar refractivity (Wildman–Crippen MR) is 114 cm³/mol. The minimum absolute atomic E-state index is 0.0220. The molecule has 0 radical (unpaired) electrons. The van der Waals surface area contributed by atoms with E-state index in [1.54, 1.807) is 4.90 Å². The van der Waals surface area contributed by atoms with E-state index in [-0.39, 0.29) is 30.3 Å². The summed E-state index contributed by atoms with van der Waals surface area (Å²) < 4.78 is 0. The van der Waals surface area contributed by atoms with Gasteiger partial charge in [0.15, 0.2) is 0 Å². The zero-order chi connectivity index (χ0) is 20.8. The topological polar surface area (TPSA) is 92.5 Å². The second kappa shape index (κ2) is 10.0. The standard InChI is InChI=1S/C21H33N3O3S/c1-5-15(6-2)21(27)24(16-10-8-7-9-11-16)12-17(25)23-20-18(19(22)26)13(3)14(4)28-20/h15-16H,5-12H2,1-4H3,(H2,22,26)(H,23,25). The number of carbonyl (C=O) groups excluding carboxylic acids is 3. The third-order valence-corrected chi connectivity index (χ3v) is 6.95. The Kier molecular flexibility index (Phi) is 8.04. The third kappa shape index (κ3) is 5.13. The highest BCUT2D eigenvalue weighted by molar-refractivity contribution is 7.16. The fourth-order valence-electron chi connectivity index (χ4n) is 3.98. The van der Waals surface area contributed by atoms with Crippen LogP contribution in [0.1, 0.15) is 79.6 Å². The molecule has 7 heteroatoms. The summed E-state index contributed by atoms with van der Waals surface area (Å²) in [5, 5.41) is 3.32. The van der Waals surface area contributed by atoms with Crippen molar-refractivity contribution >= 4 is 34.1 Å². The predicted octanol–water partition coefficient (Wildman–Crippen LogP) is 4.00. The number of rotatable bonds is 8. The molecule has 1 aliphatic carbocycles. The number of anilines is 1. The second-order valence-corrected chi connectivity index (χ2v) is 8.90. The average molecular weight is 408 g/mol. The van der Waals surface area contributed by atoms with Crippen LogP contribution >= 0.6 is 11.3 Å². The summed E-state index contributed by atoms with van der Waals surface area (Å²) in [6.45, 7) is 7.77. The molecule has 1 aromatic heterocycles. The third-order valence-electron chi connectivity index (χ3n) is 5.83. The Bertz CT molecular complexity index is 719. The average Bonchev–Trinajstić information content (AvgIpc) is 2.94. The van der Waals surface area contributed by atoms with E-state index >= 15 is 0 Å². The van der Waals surface area contributed by atoms with E-state index in [0.29, 0.717) is 10.6 Å². The fraction of sp³-hybridized carbons (Fsp3) is 0.667. The van der Waals surface area contributed by atoms with Crippen molar-refractivity contribution in [1.29, 1.82) is 0 Å². The first-order valence-corrected chi connectivity index (χ1v) is 11.1. The molecule has 2 rings (SSSR count). The van der Waals surface area contributed by atoms with Crippen LogP contribution in [0.2, 0.25) is 0 Å². The van der Waals surface area contributed by atoms with Gasteiger partial charge >= 0.3 is 0 Å². The number of nitrogens with zero attached hydrogens (tertiary/aromatic N) is 1. The van der Waals surface area contributed by atoms with E-state index in [1.807, 2.05) is 27.7 Å². The largest absolute Gasteiger partial charge is 0.365 e. The van der Waals surface area contributed by atoms with E-state index in [1.165, 1.54) is 17.8 Å². The zero-order valence-corrected chi connectivity index (χ0v) is 18.3. The highest BCUT2D eigenvalue weighted by atomic mass is 32.1. The first kappa shape index (κ1) is 22.4. The van der Waals surface area contributed by atoms with Crippen molar-refractivity contribution in [3.05, 3.63) is 16.0 Å². The Morgan fingerprint density at radius 3 is 2.29 bits per heavy atom. The van der Waals surface area contributed by atoms with Gasteiger partial charge in [-0.15, -0.1) is 11.3 Å². The van der Waals surface area contributed by atoms with Crippen molar-refractivity contribution in [1.82, 2.24) is 4.90 Å². The molecular formula is C21H33N3O3S. The molecule has 1 aromatic rings. The van der Waals surface area contributed by atoms with Crippen molar-refractivity contribution < 1.29 is 14.4 Å². The SMILES string of the molecule is CCC(CC)C(=O)N(CC(=O)Nc1sc(C)c(C)c1C(N)=O)C1CCCCC1. The Balaban J connectivity index is 2.19. The number of nitrogens with two attached hydrogens (primary N) is 1. The molecule has 28 heavy (non-hydrogen) atoms. The first-order valence-electron chi connectivity index (χ1n) is 10.3. The molecule has 0 spiro atoms. The quantitative estimate of drug-likeness (QED) is 0.682. The van der Waals surface area contributed by atoms with Crippen LogP contribution in [0.4, 0.5) is 5.00 Å². The number of nitrogens with one attached hydrogen (secondary N) is 1. The van der Waals surface area contributed by atoms with Crippen LogP contribution in [-0.2, 0) is 9.59 Å². The maximum Gasteiger partial charge on any atom is 0.251 e. The lowest BCUT2D eigenvalue weighted by molar-refractivity contribution is -0.141. The van der Waals surface area contributed by atoms with Gasteiger partial charge in [-0.3, -0.25) is 14.4 Å². The summed E-state index contributed by atoms with van der Waals surface area (Å²) in [6.07, 6.45) is 6.81. The van der Waals surface area contributed by atoms with E-state index in [9.17, 15) is 14.4 Å². The Morgan fingerprint density at radius 1 is 1.14 bits per heavy atom. The lowest BCUT2D eigenvalue weighted by Gasteiger charge is -2.36. The molecule has 1 fully saturated rings. The van der Waals surface area contributed by atoms with Crippen molar-refractivity contribution in [2.75, 3.05) is 11.9 Å². The Hall–Kier alpha value is -1.89. The molecule has 0 bridgehead atoms. The molecule has 0 unspecified atom stereocenters. The zero-order valence-electron chi connectivity index (χ0n) is 17.5. The van der Waals surface area contributed by atoms with Gasteiger partial charge in [-0.1, -0.05) is 33.1 Å². The van der Waals surface area contributed by atoms with Crippen LogP contribution in [0.15, 0.2) is 0 Å². The van der Waals surface area contributed by atoms with Gasteiger partial charge < -0.3 is 16.0 Å². The van der Waals surface area contributed by atoms with Gasteiger partial charge in [-0.25, -0.2) is 0 Å². The minimum atomic E-state index is -0.547. The van der Waals surface area contributed by atoms with Gasteiger partial charge in [0.1, 0.15) is 11.5 Å². The fourth-order valence-corrected chi connectivity index (χ4v) is 5.07. The Labute approximate surface area is 171 Å². The van der Waals surface area contributed by atoms with Gasteiger partial charge in [0.2, 0.25) is 11.8 Å². The molecule has 1 saturated carbocycles. The molecule has 6 nitrogen and oxygen atoms in total. The van der Waals surface area contributed by atoms with E-state index < -0.39 is 5.91 Å². The molecule has 0 aromatic carbocycles. The normalized spacial score (nSPS) is 14.9. The molecule has 1 heterocycles. The van der Waals surface area contributed by atoms with E-state index in [0.717, 1.165) is 49.0 Å². The summed E-state index contributed by atoms with van der Waals surface area (Å²) >= 11 is 1.35. The highest BCUT2D eigenvalue weighted by Gasteiger charge is 2.31. The van der Waals surface area contributed by atoms with E-state index in [2.05, 4.69) is 5.32 Å². The highest BCUT2D eigenvalue weighted by Crippen LogP contribution is 2.32. The lowest BCUT2D eigenvalue weighted by atomic mass is 9.92. The van der Waals surface area contributed by atoms with Crippen LogP contribution in [-0.4, -0.2) is 35.2 Å².